The standard InChI is InChI=1S/C13H22N2O/c1-4-15(9-10(2)8-14)13(16)12-7-5-6-11(12)3/h10-12H,4-7,9H2,1-3H3. The highest BCUT2D eigenvalue weighted by Crippen LogP contribution is 2.32. The smallest absolute Gasteiger partial charge is 0.225 e. The SMILES string of the molecule is CCN(CC(C)C#N)C(=O)C1CCCC1C. The van der Waals surface area contributed by atoms with Gasteiger partial charge in [-0.05, 0) is 32.6 Å². The lowest BCUT2D eigenvalue weighted by molar-refractivity contribution is -0.136. The first kappa shape index (κ1) is 13.0. The highest BCUT2D eigenvalue weighted by molar-refractivity contribution is 5.79. The van der Waals surface area contributed by atoms with Gasteiger partial charge in [0.15, 0.2) is 0 Å². The number of nitrogens with zero attached hydrogens (tertiary/aromatic N) is 2. The van der Waals surface area contributed by atoms with Gasteiger partial charge in [-0.25, -0.2) is 0 Å². The van der Waals surface area contributed by atoms with Gasteiger partial charge in [0.05, 0.1) is 12.0 Å². The van der Waals surface area contributed by atoms with Gasteiger partial charge in [-0.1, -0.05) is 13.3 Å². The van der Waals surface area contributed by atoms with E-state index in [1.54, 1.807) is 0 Å². The van der Waals surface area contributed by atoms with E-state index < -0.39 is 0 Å². The molecular weight excluding hydrogens is 200 g/mol. The zero-order valence-electron chi connectivity index (χ0n) is 10.6. The van der Waals surface area contributed by atoms with Crippen molar-refractivity contribution in [3.63, 3.8) is 0 Å². The minimum Gasteiger partial charge on any atom is -0.341 e. The second-order valence-corrected chi connectivity index (χ2v) is 4.92. The number of carbonyl (C=O) groups is 1. The average Bonchev–Trinajstić information content (AvgIpc) is 2.71. The molecule has 1 rings (SSSR count). The van der Waals surface area contributed by atoms with Crippen LogP contribution in [0.1, 0.15) is 40.0 Å². The molecule has 1 fully saturated rings. The second-order valence-electron chi connectivity index (χ2n) is 4.92. The monoisotopic (exact) mass is 222 g/mol. The molecule has 0 heterocycles. The molecule has 3 unspecified atom stereocenters. The van der Waals surface area contributed by atoms with Crippen LogP contribution in [0.4, 0.5) is 0 Å². The number of hydrogen-bond donors (Lipinski definition) is 0. The topological polar surface area (TPSA) is 44.1 Å². The van der Waals surface area contributed by atoms with E-state index in [2.05, 4.69) is 13.0 Å². The third-order valence-corrected chi connectivity index (χ3v) is 3.59. The quantitative estimate of drug-likeness (QED) is 0.733. The summed E-state index contributed by atoms with van der Waals surface area (Å²) in [6.07, 6.45) is 3.36. The fraction of sp³-hybridized carbons (Fsp3) is 0.846. The molecule has 0 aromatic carbocycles. The van der Waals surface area contributed by atoms with Crippen LogP contribution in [0.15, 0.2) is 0 Å². The highest BCUT2D eigenvalue weighted by Gasteiger charge is 2.32. The summed E-state index contributed by atoms with van der Waals surface area (Å²) in [6.45, 7) is 7.32. The van der Waals surface area contributed by atoms with Crippen molar-refractivity contribution in [2.75, 3.05) is 13.1 Å². The van der Waals surface area contributed by atoms with Crippen LogP contribution in [0.3, 0.4) is 0 Å². The van der Waals surface area contributed by atoms with Crippen LogP contribution >= 0.6 is 0 Å². The van der Waals surface area contributed by atoms with E-state index in [0.29, 0.717) is 19.0 Å². The Morgan fingerprint density at radius 3 is 2.69 bits per heavy atom. The Kier molecular flexibility index (Phi) is 4.79. The van der Waals surface area contributed by atoms with E-state index in [4.69, 9.17) is 5.26 Å². The largest absolute Gasteiger partial charge is 0.341 e. The van der Waals surface area contributed by atoms with Gasteiger partial charge in [0.25, 0.3) is 0 Å². The minimum atomic E-state index is -0.0689. The molecule has 0 saturated heterocycles. The van der Waals surface area contributed by atoms with Gasteiger partial charge in [-0.15, -0.1) is 0 Å². The first-order chi connectivity index (χ1) is 7.60. The van der Waals surface area contributed by atoms with Gasteiger partial charge >= 0.3 is 0 Å². The fourth-order valence-corrected chi connectivity index (χ4v) is 2.49. The molecule has 0 aromatic heterocycles. The lowest BCUT2D eigenvalue weighted by Crippen LogP contribution is -2.39. The lowest BCUT2D eigenvalue weighted by Gasteiger charge is -2.27. The maximum atomic E-state index is 12.3. The van der Waals surface area contributed by atoms with Gasteiger partial charge in [-0.3, -0.25) is 4.79 Å². The first-order valence-corrected chi connectivity index (χ1v) is 6.28. The van der Waals surface area contributed by atoms with E-state index in [-0.39, 0.29) is 17.7 Å². The molecule has 0 aromatic rings. The van der Waals surface area contributed by atoms with E-state index >= 15 is 0 Å². The van der Waals surface area contributed by atoms with Crippen LogP contribution in [0, 0.1) is 29.1 Å². The summed E-state index contributed by atoms with van der Waals surface area (Å²) in [5, 5.41) is 8.79. The Hall–Kier alpha value is -1.04. The molecule has 0 N–H and O–H groups in total. The lowest BCUT2D eigenvalue weighted by atomic mass is 9.96. The number of amides is 1. The minimum absolute atomic E-state index is 0.0689. The Balaban J connectivity index is 2.59. The summed E-state index contributed by atoms with van der Waals surface area (Å²) >= 11 is 0. The number of carbonyl (C=O) groups excluding carboxylic acids is 1. The summed E-state index contributed by atoms with van der Waals surface area (Å²) < 4.78 is 0. The first-order valence-electron chi connectivity index (χ1n) is 6.28. The summed E-state index contributed by atoms with van der Waals surface area (Å²) in [6, 6.07) is 2.19. The zero-order chi connectivity index (χ0) is 12.1. The zero-order valence-corrected chi connectivity index (χ0v) is 10.6. The summed E-state index contributed by atoms with van der Waals surface area (Å²) in [7, 11) is 0. The Morgan fingerprint density at radius 1 is 1.56 bits per heavy atom. The summed E-state index contributed by atoms with van der Waals surface area (Å²) in [5.41, 5.74) is 0. The molecule has 3 nitrogen and oxygen atoms in total. The van der Waals surface area contributed by atoms with Gasteiger partial charge in [0.1, 0.15) is 0 Å². The highest BCUT2D eigenvalue weighted by atomic mass is 16.2. The Bertz CT molecular complexity index is 282. The van der Waals surface area contributed by atoms with Crippen molar-refractivity contribution in [1.29, 1.82) is 5.26 Å². The molecular formula is C13H22N2O. The van der Waals surface area contributed by atoms with Crippen molar-refractivity contribution in [3.05, 3.63) is 0 Å². The predicted molar refractivity (Wildman–Crippen MR) is 63.5 cm³/mol. The summed E-state index contributed by atoms with van der Waals surface area (Å²) in [5.74, 6) is 0.903. The summed E-state index contributed by atoms with van der Waals surface area (Å²) in [4.78, 5) is 14.1. The van der Waals surface area contributed by atoms with Crippen molar-refractivity contribution >= 4 is 5.91 Å². The molecule has 0 aliphatic heterocycles. The van der Waals surface area contributed by atoms with Crippen molar-refractivity contribution in [2.24, 2.45) is 17.8 Å². The fourth-order valence-electron chi connectivity index (χ4n) is 2.49. The second kappa shape index (κ2) is 5.89. The van der Waals surface area contributed by atoms with E-state index in [1.165, 1.54) is 12.8 Å². The molecule has 1 aliphatic carbocycles. The van der Waals surface area contributed by atoms with Crippen molar-refractivity contribution in [2.45, 2.75) is 40.0 Å². The Morgan fingerprint density at radius 2 is 2.25 bits per heavy atom. The van der Waals surface area contributed by atoms with E-state index in [0.717, 1.165) is 6.42 Å². The number of nitriles is 1. The van der Waals surface area contributed by atoms with Crippen LogP contribution < -0.4 is 0 Å². The molecule has 1 aliphatic rings. The third kappa shape index (κ3) is 2.98. The van der Waals surface area contributed by atoms with Gasteiger partial charge < -0.3 is 4.90 Å². The van der Waals surface area contributed by atoms with E-state index in [9.17, 15) is 4.79 Å². The van der Waals surface area contributed by atoms with Crippen LogP contribution in [-0.2, 0) is 4.79 Å². The van der Waals surface area contributed by atoms with Crippen LogP contribution in [0.25, 0.3) is 0 Å². The normalized spacial score (nSPS) is 26.1. The van der Waals surface area contributed by atoms with Crippen LogP contribution in [0.2, 0.25) is 0 Å². The molecule has 1 amide bonds. The molecule has 1 saturated carbocycles. The molecule has 3 atom stereocenters. The van der Waals surface area contributed by atoms with Gasteiger partial charge in [0.2, 0.25) is 5.91 Å². The number of rotatable bonds is 4. The van der Waals surface area contributed by atoms with Crippen molar-refractivity contribution in [3.8, 4) is 6.07 Å². The molecule has 90 valence electrons. The maximum Gasteiger partial charge on any atom is 0.225 e. The predicted octanol–water partition coefficient (Wildman–Crippen LogP) is 2.43. The van der Waals surface area contributed by atoms with Gasteiger partial charge in [-0.2, -0.15) is 5.26 Å². The Labute approximate surface area is 98.4 Å². The molecule has 0 bridgehead atoms. The molecule has 0 spiro atoms. The maximum absolute atomic E-state index is 12.3. The molecule has 0 radical (unpaired) electrons. The van der Waals surface area contributed by atoms with Crippen LogP contribution in [-0.4, -0.2) is 23.9 Å². The van der Waals surface area contributed by atoms with Crippen LogP contribution in [0.5, 0.6) is 0 Å². The molecule has 16 heavy (non-hydrogen) atoms. The average molecular weight is 222 g/mol. The number of hydrogen-bond acceptors (Lipinski definition) is 2. The third-order valence-electron chi connectivity index (χ3n) is 3.59. The van der Waals surface area contributed by atoms with Crippen molar-refractivity contribution in [1.82, 2.24) is 4.90 Å². The van der Waals surface area contributed by atoms with Gasteiger partial charge in [0, 0.05) is 19.0 Å². The molecule has 3 heteroatoms. The van der Waals surface area contributed by atoms with E-state index in [1.807, 2.05) is 18.7 Å². The van der Waals surface area contributed by atoms with Crippen molar-refractivity contribution < 1.29 is 4.79 Å².